The van der Waals surface area contributed by atoms with Crippen LogP contribution >= 0.6 is 20.3 Å². The number of nitrogens with zero attached hydrogens (tertiary/aromatic N) is 2. The van der Waals surface area contributed by atoms with Crippen molar-refractivity contribution in [1.29, 1.82) is 0 Å². The lowest BCUT2D eigenvalue weighted by atomic mass is 10.00. The van der Waals surface area contributed by atoms with Crippen molar-refractivity contribution in [1.82, 2.24) is 14.2 Å². The van der Waals surface area contributed by atoms with Crippen molar-refractivity contribution in [3.8, 4) is 0 Å². The van der Waals surface area contributed by atoms with Crippen molar-refractivity contribution in [2.75, 3.05) is 26.1 Å². The van der Waals surface area contributed by atoms with E-state index in [0.717, 1.165) is 0 Å². The van der Waals surface area contributed by atoms with Gasteiger partial charge in [0, 0.05) is 42.6 Å². The van der Waals surface area contributed by atoms with E-state index >= 15 is 0 Å². The largest absolute Gasteiger partial charge is 0.394 e. The smallest absolute Gasteiger partial charge is 0.330 e. The highest BCUT2D eigenvalue weighted by molar-refractivity contribution is 8.13. The van der Waals surface area contributed by atoms with E-state index in [0.29, 0.717) is 5.75 Å². The van der Waals surface area contributed by atoms with Crippen LogP contribution in [0.3, 0.4) is 0 Å². The molecule has 1 aromatic heterocycles. The van der Waals surface area contributed by atoms with Crippen LogP contribution in [0.4, 0.5) is 0 Å². The molecule has 1 saturated heterocycles. The Morgan fingerprint density at radius 2 is 1.89 bits per heavy atom. The van der Waals surface area contributed by atoms with Crippen LogP contribution in [-0.4, -0.2) is 80.9 Å². The number of aromatic nitrogens is 2. The Hall–Kier alpha value is -1.11. The molecule has 1 aromatic rings. The predicted molar refractivity (Wildman–Crippen MR) is 140 cm³/mol. The second-order valence-corrected chi connectivity index (χ2v) is 12.5. The number of carbonyl (C=O) groups excluding carboxylic acids is 1. The van der Waals surface area contributed by atoms with Gasteiger partial charge in [-0.2, -0.15) is 0 Å². The number of ether oxygens (including phenoxy) is 2. The first-order chi connectivity index (χ1) is 16.8. The molecule has 1 fully saturated rings. The van der Waals surface area contributed by atoms with Gasteiger partial charge in [-0.05, 0) is 27.7 Å². The zero-order chi connectivity index (χ0) is 27.2. The van der Waals surface area contributed by atoms with Crippen molar-refractivity contribution in [3.05, 3.63) is 33.1 Å². The molecule has 2 heterocycles. The van der Waals surface area contributed by atoms with Gasteiger partial charge >= 0.3 is 5.69 Å². The highest BCUT2D eigenvalue weighted by Crippen LogP contribution is 2.50. The number of rotatable bonds is 12. The van der Waals surface area contributed by atoms with Crippen LogP contribution in [0.1, 0.15) is 54.7 Å². The van der Waals surface area contributed by atoms with Gasteiger partial charge in [-0.3, -0.25) is 19.1 Å². The van der Waals surface area contributed by atoms with Crippen molar-refractivity contribution >= 4 is 25.4 Å². The number of hydrogen-bond donors (Lipinski definition) is 2. The fourth-order valence-electron chi connectivity index (χ4n) is 3.78. The first-order valence-electron chi connectivity index (χ1n) is 12.0. The van der Waals surface area contributed by atoms with Crippen molar-refractivity contribution in [3.63, 3.8) is 0 Å². The second-order valence-electron chi connectivity index (χ2n) is 10.1. The normalized spacial score (nSPS) is 23.7. The number of nitrogens with one attached hydrogen (secondary N) is 1. The molecule has 2 N–H and O–H groups in total. The van der Waals surface area contributed by atoms with Crippen LogP contribution in [0.5, 0.6) is 0 Å². The summed E-state index contributed by atoms with van der Waals surface area (Å²) in [6, 6.07) is 1.37. The number of thioether (sulfide) groups is 1. The summed E-state index contributed by atoms with van der Waals surface area (Å²) in [6.45, 7) is 13.7. The summed E-state index contributed by atoms with van der Waals surface area (Å²) in [5, 5.41) is 10.1. The molecule has 2 rings (SSSR count). The molecule has 0 saturated carbocycles. The Labute approximate surface area is 217 Å². The number of aliphatic hydroxyl groups is 1. The number of carbonyl (C=O) groups is 1. The van der Waals surface area contributed by atoms with Gasteiger partial charge in [0.1, 0.15) is 18.3 Å². The molecule has 0 spiro atoms. The van der Waals surface area contributed by atoms with Crippen LogP contribution in [0, 0.1) is 5.41 Å². The Bertz CT molecular complexity index is 956. The molecular weight excluding hydrogens is 509 g/mol. The fourth-order valence-corrected chi connectivity index (χ4v) is 6.46. The lowest BCUT2D eigenvalue weighted by molar-refractivity contribution is -0.117. The van der Waals surface area contributed by atoms with Gasteiger partial charge in [-0.1, -0.05) is 32.5 Å². The molecule has 0 aromatic carbocycles. The number of methoxy groups -OCH3 is 1. The maximum Gasteiger partial charge on any atom is 0.330 e. The summed E-state index contributed by atoms with van der Waals surface area (Å²) in [5.74, 6) is 0.468. The predicted octanol–water partition coefficient (Wildman–Crippen LogP) is 2.49. The van der Waals surface area contributed by atoms with Crippen molar-refractivity contribution in [2.24, 2.45) is 5.41 Å². The Kier molecular flexibility index (Phi) is 11.8. The van der Waals surface area contributed by atoms with Crippen LogP contribution in [0.25, 0.3) is 0 Å². The van der Waals surface area contributed by atoms with Gasteiger partial charge in [-0.25, -0.2) is 9.46 Å². The molecule has 1 aliphatic rings. The van der Waals surface area contributed by atoms with Gasteiger partial charge in [0.2, 0.25) is 0 Å². The van der Waals surface area contributed by atoms with Gasteiger partial charge in [-0.15, -0.1) is 0 Å². The molecular formula is C23H40N3O8PS. The van der Waals surface area contributed by atoms with Crippen LogP contribution in [-0.2, 0) is 23.3 Å². The zero-order valence-electron chi connectivity index (χ0n) is 22.3. The molecule has 5 atom stereocenters. The molecule has 0 amide bonds. The zero-order valence-corrected chi connectivity index (χ0v) is 24.0. The number of hydrogen-bond acceptors (Lipinski definition) is 10. The Balaban J connectivity index is 2.27. The van der Waals surface area contributed by atoms with E-state index in [4.69, 9.17) is 18.5 Å². The minimum Gasteiger partial charge on any atom is -0.394 e. The van der Waals surface area contributed by atoms with E-state index in [1.165, 1.54) is 35.7 Å². The quantitative estimate of drug-likeness (QED) is 0.296. The molecule has 11 nitrogen and oxygen atoms in total. The summed E-state index contributed by atoms with van der Waals surface area (Å²) in [7, 11) is -0.179. The summed E-state index contributed by atoms with van der Waals surface area (Å²) >= 11 is 1.22. The lowest BCUT2D eigenvalue weighted by Crippen LogP contribution is -2.41. The maximum atomic E-state index is 12.4. The van der Waals surface area contributed by atoms with Crippen LogP contribution in [0.15, 0.2) is 21.9 Å². The average Bonchev–Trinajstić information content (AvgIpc) is 3.12. The first kappa shape index (κ1) is 31.1. The third-order valence-corrected chi connectivity index (χ3v) is 8.83. The summed E-state index contributed by atoms with van der Waals surface area (Å²) in [6.07, 6.45) is -1.93. The fraction of sp³-hybridized carbons (Fsp3) is 0.783. The van der Waals surface area contributed by atoms with E-state index in [1.807, 2.05) is 48.5 Å². The molecule has 206 valence electrons. The van der Waals surface area contributed by atoms with Gasteiger partial charge in [0.25, 0.3) is 14.1 Å². The summed E-state index contributed by atoms with van der Waals surface area (Å²) in [5.41, 5.74) is -1.62. The van der Waals surface area contributed by atoms with E-state index in [2.05, 4.69) is 9.65 Å². The molecule has 3 unspecified atom stereocenters. The molecule has 0 bridgehead atoms. The van der Waals surface area contributed by atoms with Gasteiger partial charge in [0.05, 0.1) is 13.2 Å². The maximum absolute atomic E-state index is 12.4. The minimum absolute atomic E-state index is 0.0773. The van der Waals surface area contributed by atoms with E-state index in [1.54, 1.807) is 0 Å². The first-order valence-corrected chi connectivity index (χ1v) is 14.1. The highest BCUT2D eigenvalue weighted by atomic mass is 32.2. The average molecular weight is 550 g/mol. The molecule has 0 aliphatic carbocycles. The molecule has 0 radical (unpaired) electrons. The van der Waals surface area contributed by atoms with Crippen LogP contribution < -0.4 is 11.2 Å². The van der Waals surface area contributed by atoms with Crippen molar-refractivity contribution in [2.45, 2.75) is 85.1 Å². The highest BCUT2D eigenvalue weighted by Gasteiger charge is 2.49. The minimum atomic E-state index is -1.65. The Morgan fingerprint density at radius 3 is 2.39 bits per heavy atom. The lowest BCUT2D eigenvalue weighted by Gasteiger charge is -2.38. The van der Waals surface area contributed by atoms with Crippen molar-refractivity contribution < 1.29 is 28.4 Å². The molecule has 36 heavy (non-hydrogen) atoms. The van der Waals surface area contributed by atoms with Gasteiger partial charge < -0.3 is 23.6 Å². The summed E-state index contributed by atoms with van der Waals surface area (Å²) in [4.78, 5) is 38.4. The monoisotopic (exact) mass is 549 g/mol. The SMILES string of the molecule is COC1C(OP(OCCSC(=O)C(C)(C)C)N(C(C)C)C(C)C)[C@@H](CO)O[C@H]1n1ccc(=O)[nH]c1=O. The van der Waals surface area contributed by atoms with E-state index in [-0.39, 0.29) is 30.4 Å². The van der Waals surface area contributed by atoms with E-state index < -0.39 is 49.7 Å². The third-order valence-electron chi connectivity index (χ3n) is 5.45. The van der Waals surface area contributed by atoms with E-state index in [9.17, 15) is 19.5 Å². The topological polar surface area (TPSA) is 132 Å². The number of aliphatic hydroxyl groups excluding tert-OH is 1. The van der Waals surface area contributed by atoms with Gasteiger partial charge in [0.15, 0.2) is 11.3 Å². The summed E-state index contributed by atoms with van der Waals surface area (Å²) < 4.78 is 27.6. The number of aromatic amines is 1. The second kappa shape index (κ2) is 13.6. The number of H-pyrrole nitrogens is 1. The molecule has 13 heteroatoms. The van der Waals surface area contributed by atoms with Crippen LogP contribution in [0.2, 0.25) is 0 Å². The third kappa shape index (κ3) is 7.94. The standard InChI is InChI=1S/C23H40N3O8PS/c1-14(2)26(15(3)4)35(32-11-12-36-21(29)23(5,6)7)34-18-16(13-27)33-20(19(18)31-8)25-10-9-17(28)24-22(25)30/h9-10,14-16,18-20,27H,11-13H2,1-8H3,(H,24,28,30)/t16-,18?,19?,20-,35?/m1/s1. The Morgan fingerprint density at radius 1 is 1.25 bits per heavy atom. The molecule has 1 aliphatic heterocycles.